The number of aromatic nitrogens is 21. The van der Waals surface area contributed by atoms with Crippen molar-refractivity contribution in [2.75, 3.05) is 32.0 Å². The summed E-state index contributed by atoms with van der Waals surface area (Å²) in [4.78, 5) is 99.3. The molecule has 45 heteroatoms. The van der Waals surface area contributed by atoms with E-state index in [1.165, 1.54) is 91.8 Å². The van der Waals surface area contributed by atoms with E-state index in [2.05, 4.69) is 97.0 Å². The van der Waals surface area contributed by atoms with Gasteiger partial charge >= 0.3 is 0 Å². The third kappa shape index (κ3) is 24.6. The molecule has 16 heterocycles. The number of imidazole rings is 1. The molecule has 1 fully saturated rings. The zero-order valence-corrected chi connectivity index (χ0v) is 85.4. The van der Waals surface area contributed by atoms with Crippen LogP contribution >= 0.6 is 11.3 Å². The summed E-state index contributed by atoms with van der Waals surface area (Å²) >= 11 is 1.15. The zero-order chi connectivity index (χ0) is 105. The van der Waals surface area contributed by atoms with Gasteiger partial charge < -0.3 is 35.9 Å². The summed E-state index contributed by atoms with van der Waals surface area (Å²) in [5.41, 5.74) is 11.4. The van der Waals surface area contributed by atoms with E-state index in [9.17, 15) is 62.6 Å². The molecule has 149 heavy (non-hydrogen) atoms. The molecule has 4 aromatic carbocycles. The first-order chi connectivity index (χ1) is 71.8. The number of amides is 5. The van der Waals surface area contributed by atoms with Crippen LogP contribution in [-0.4, -0.2) is 186 Å². The summed E-state index contributed by atoms with van der Waals surface area (Å²) in [5, 5.41) is 44.9. The second-order valence-corrected chi connectivity index (χ2v) is 41.4. The maximum Gasteiger partial charge on any atom is 0.254 e. The fourth-order valence-corrected chi connectivity index (χ4v) is 20.0. The van der Waals surface area contributed by atoms with Crippen LogP contribution in [0.3, 0.4) is 0 Å². The first kappa shape index (κ1) is 105. The molecule has 2 unspecified atom stereocenters. The van der Waals surface area contributed by atoms with Gasteiger partial charge in [0.05, 0.1) is 205 Å². The van der Waals surface area contributed by atoms with Crippen molar-refractivity contribution in [2.24, 2.45) is 14.1 Å². The number of benzene rings is 4. The molecule has 766 valence electrons. The van der Waals surface area contributed by atoms with Gasteiger partial charge in [-0.15, -0.1) is 11.3 Å². The number of pyridine rings is 7. The Morgan fingerprint density at radius 3 is 1.11 bits per heavy atom. The average molecular weight is 2100 g/mol. The van der Waals surface area contributed by atoms with Crippen LogP contribution in [0.15, 0.2) is 278 Å². The number of carbonyl (C=O) groups excluding carboxylic acids is 5. The van der Waals surface area contributed by atoms with Crippen LogP contribution in [0.2, 0.25) is 0 Å². The van der Waals surface area contributed by atoms with Crippen molar-refractivity contribution in [3.63, 3.8) is 0 Å². The summed E-state index contributed by atoms with van der Waals surface area (Å²) in [5.74, 6) is -2.71. The summed E-state index contributed by atoms with van der Waals surface area (Å²) < 4.78 is 130. The van der Waals surface area contributed by atoms with Crippen LogP contribution in [0.5, 0.6) is 0 Å². The van der Waals surface area contributed by atoms with Crippen LogP contribution < -0.4 is 26.6 Å². The van der Waals surface area contributed by atoms with Crippen molar-refractivity contribution >= 4 is 126 Å². The lowest BCUT2D eigenvalue weighted by Crippen LogP contribution is -2.28. The number of nitrogens with zero attached hydrogens (tertiary/aromatic N) is 21. The molecule has 0 saturated carbocycles. The molecule has 37 nitrogen and oxygen atoms in total. The summed E-state index contributed by atoms with van der Waals surface area (Å²) in [7, 11) is -4.22. The maximum atomic E-state index is 13.3. The molecule has 15 aromatic heterocycles. The van der Waals surface area contributed by atoms with Crippen molar-refractivity contribution in [1.29, 1.82) is 0 Å². The van der Waals surface area contributed by atoms with E-state index in [0.29, 0.717) is 144 Å². The van der Waals surface area contributed by atoms with Crippen LogP contribution in [0.4, 0.5) is 17.6 Å². The molecule has 0 spiro atoms. The van der Waals surface area contributed by atoms with E-state index in [1.54, 1.807) is 189 Å². The Hall–Kier alpha value is -16.5. The minimum atomic E-state index is -3.44. The second kappa shape index (κ2) is 46.9. The fourth-order valence-electron chi connectivity index (χ4n) is 16.8. The molecule has 0 radical (unpaired) electrons. The number of hydrogen-bond donors (Lipinski definition) is 5. The van der Waals surface area contributed by atoms with Gasteiger partial charge in [-0.2, -0.15) is 30.6 Å². The van der Waals surface area contributed by atoms with Gasteiger partial charge in [-0.3, -0.25) is 62.5 Å². The lowest BCUT2D eigenvalue weighted by atomic mass is 10.0. The van der Waals surface area contributed by atoms with Crippen molar-refractivity contribution in [2.45, 2.75) is 130 Å². The van der Waals surface area contributed by atoms with Gasteiger partial charge in [-0.25, -0.2) is 68.1 Å². The third-order valence-corrected chi connectivity index (χ3v) is 29.5. The highest BCUT2D eigenvalue weighted by Gasteiger charge is 2.30. The molecule has 5 amide bonds. The van der Waals surface area contributed by atoms with E-state index in [1.807, 2.05) is 70.4 Å². The quantitative estimate of drug-likeness (QED) is 0.0284. The van der Waals surface area contributed by atoms with Gasteiger partial charge in [0, 0.05) is 139 Å². The number of halogens is 4. The molecular weight excluding hydrogens is 1990 g/mol. The molecule has 0 aliphatic carbocycles. The Bertz CT molecular complexity index is 8160. The molecule has 1 aliphatic rings. The molecule has 5 N–H and O–H groups in total. The van der Waals surface area contributed by atoms with Gasteiger partial charge in [0.2, 0.25) is 0 Å². The highest BCUT2D eigenvalue weighted by Crippen LogP contribution is 2.35. The molecular formula is C104H102F4N26O11S4. The number of thiophene rings is 1. The number of fused-ring (bicyclic) bond motifs is 5. The van der Waals surface area contributed by atoms with Crippen molar-refractivity contribution in [3.05, 3.63) is 342 Å². The van der Waals surface area contributed by atoms with Crippen LogP contribution in [0.25, 0.3) is 77.3 Å². The minimum absolute atomic E-state index is 0.0146. The maximum absolute atomic E-state index is 13.3. The number of carbonyl (C=O) groups is 5. The Labute approximate surface area is 858 Å². The van der Waals surface area contributed by atoms with E-state index < -0.39 is 30.5 Å². The molecule has 1 aliphatic heterocycles. The van der Waals surface area contributed by atoms with Gasteiger partial charge in [0.15, 0.2) is 24.7 Å². The van der Waals surface area contributed by atoms with Crippen molar-refractivity contribution in [1.82, 2.24) is 130 Å². The second-order valence-electron chi connectivity index (χ2n) is 34.8. The van der Waals surface area contributed by atoms with E-state index in [0.717, 1.165) is 75.7 Å². The summed E-state index contributed by atoms with van der Waals surface area (Å²) in [6.07, 6.45) is 43.0. The molecule has 1 saturated heterocycles. The summed E-state index contributed by atoms with van der Waals surface area (Å²) in [6.45, 7) is 11.2. The van der Waals surface area contributed by atoms with E-state index in [4.69, 9.17) is 4.74 Å². The standard InChI is InChI=1S/C22H20FN5O2S.C21H19FN4O3S2.C21H25N5O4S.2C20H19FN6O/c1-3-19(14-8-9-25-21(10-14)31(2)30)27-22(29)18-11-24-13-20-17(18)12-26-28(20)16-6-4-15(23)5-7-16;1-3-17(19-8-9-20(30-19)31(2,28)29)25-21(27)16-10-23-12-18-15(16)11-24-26(18)14-6-4-13(22)5-7-14;1-3-18(14-4-7-23-20(10-14)31(2,28)29)25-21(27)17-11-22-13-19-16(17)12-24-26(19)15-5-8-30-9-6-15;1-3-18(13-8-23-26(2)12-13)25-20(28)17-9-22-11-19-16(17)10-24-27(19)15-6-4-14(21)5-7-15;1-3-17(18-11-26(2)12-23-18)25-20(28)16-8-22-10-19-15(16)9-24-27(19)14-6-4-13(21)5-7-14/h4-13,19H,3H2,1-2H3,(H,27,29);4-12,17H,3H2,1-2H3,(H,25,27);4,7,10-13,15,18H,3,5-6,8-9H2,1-2H3,(H,25,27);4-12,18H,3H2,1-2H3,(H,25,28);4-12,17H,3H2,1-2H3,(H,25,28)/t19-,31?;17-;2*18-;/m0000./s1. The molecule has 19 aromatic rings. The van der Waals surface area contributed by atoms with E-state index >= 15 is 0 Å². The number of nitrogens with one attached hydrogen (secondary N) is 5. The summed E-state index contributed by atoms with van der Waals surface area (Å²) in [6, 6.07) is 32.7. The lowest BCUT2D eigenvalue weighted by molar-refractivity contribution is 0.0674. The Balaban J connectivity index is 0.000000133. The normalized spacial score (nSPS) is 13.4. The topological polar surface area (TPSA) is 455 Å². The van der Waals surface area contributed by atoms with Crippen LogP contribution in [0, 0.1) is 23.3 Å². The smallest absolute Gasteiger partial charge is 0.254 e. The SMILES string of the molecule is CCC(NC(=O)c1cncc2c1cnn2-c1ccc(F)cc1)c1cn(C)cn1.CC[C@H](NC(=O)c1cncc2c1cnn2-c1ccc(F)cc1)c1ccc(S(C)(=O)=O)s1.CC[C@H](NC(=O)c1cncc2c1cnn2-c1ccc(F)cc1)c1ccnc(S(C)=O)c1.CC[C@H](NC(=O)c1cncc2c1cnn2-c1ccc(F)cc1)c1cnn(C)c1.CC[C@H](NC(=O)c1cncc2c1cnn2C1CCOCC1)c1ccnc(S(C)(=O)=O)c1. The van der Waals surface area contributed by atoms with Crippen LogP contribution in [0.1, 0.15) is 195 Å². The number of ether oxygens (including phenoxy) is 1. The Morgan fingerprint density at radius 1 is 0.403 bits per heavy atom. The number of hydrogen-bond acceptors (Lipinski definition) is 26. The first-order valence-corrected chi connectivity index (χ1v) is 53.4. The van der Waals surface area contributed by atoms with Gasteiger partial charge in [-0.05, 0) is 190 Å². The van der Waals surface area contributed by atoms with Crippen molar-refractivity contribution < 1.29 is 67.3 Å². The molecule has 0 bridgehead atoms. The number of sulfone groups is 2. The fraction of sp³-hybridized carbons (Fsp3) is 0.240. The monoisotopic (exact) mass is 2090 g/mol. The molecule has 6 atom stereocenters. The van der Waals surface area contributed by atoms with Gasteiger partial charge in [0.25, 0.3) is 29.5 Å². The highest BCUT2D eigenvalue weighted by molar-refractivity contribution is 7.92. The highest BCUT2D eigenvalue weighted by atomic mass is 32.2. The average Bonchev–Trinajstić information content (AvgIpc) is 1.62. The van der Waals surface area contributed by atoms with Gasteiger partial charge in [-0.1, -0.05) is 34.6 Å². The van der Waals surface area contributed by atoms with E-state index in [-0.39, 0.29) is 98.3 Å². The Morgan fingerprint density at radius 2 is 0.758 bits per heavy atom. The van der Waals surface area contributed by atoms with Crippen molar-refractivity contribution in [3.8, 4) is 22.7 Å². The minimum Gasteiger partial charge on any atom is -0.381 e. The number of aryl methyl sites for hydroxylation is 2. The Kier molecular flexibility index (Phi) is 33.1. The largest absolute Gasteiger partial charge is 0.381 e. The van der Waals surface area contributed by atoms with Gasteiger partial charge in [0.1, 0.15) is 32.5 Å². The number of rotatable bonds is 28. The van der Waals surface area contributed by atoms with Crippen LogP contribution in [-0.2, 0) is 49.3 Å². The zero-order valence-electron chi connectivity index (χ0n) is 82.2. The first-order valence-electron chi connectivity index (χ1n) is 47.2. The predicted molar refractivity (Wildman–Crippen MR) is 552 cm³/mol. The molecule has 20 rings (SSSR count). The predicted octanol–water partition coefficient (Wildman–Crippen LogP) is 16.3. The lowest BCUT2D eigenvalue weighted by Gasteiger charge is -2.23. The third-order valence-electron chi connectivity index (χ3n) is 24.6.